The molecular weight excluding hydrogens is 188 g/mol. The summed E-state index contributed by atoms with van der Waals surface area (Å²) in [5.74, 6) is 0.708. The topological polar surface area (TPSA) is 63.8 Å². The quantitative estimate of drug-likeness (QED) is 0.766. The van der Waals surface area contributed by atoms with Crippen LogP contribution >= 0.6 is 0 Å². The van der Waals surface area contributed by atoms with Gasteiger partial charge in [0.15, 0.2) is 0 Å². The Morgan fingerprint density at radius 1 is 1.53 bits per heavy atom. The lowest BCUT2D eigenvalue weighted by Crippen LogP contribution is -2.61. The summed E-state index contributed by atoms with van der Waals surface area (Å²) in [4.78, 5) is 8.51. The molecule has 0 bridgehead atoms. The van der Waals surface area contributed by atoms with Crippen molar-refractivity contribution in [3.63, 3.8) is 0 Å². The zero-order valence-corrected chi connectivity index (χ0v) is 9.49. The smallest absolute Gasteiger partial charge is 0.223 e. The van der Waals surface area contributed by atoms with Crippen LogP contribution in [0.4, 0.5) is 5.95 Å². The molecule has 1 aromatic rings. The third kappa shape index (κ3) is 1.81. The molecule has 0 saturated heterocycles. The first-order valence-electron chi connectivity index (χ1n) is 5.32. The molecule has 3 N–H and O–H groups in total. The number of nitrogens with one attached hydrogen (secondary N) is 1. The highest BCUT2D eigenvalue weighted by molar-refractivity contribution is 5.30. The number of nitrogens with two attached hydrogens (primary N) is 1. The maximum absolute atomic E-state index is 5.95. The number of hydrogen-bond acceptors (Lipinski definition) is 4. The van der Waals surface area contributed by atoms with Crippen molar-refractivity contribution < 1.29 is 0 Å². The summed E-state index contributed by atoms with van der Waals surface area (Å²) in [7, 11) is 0. The Labute approximate surface area is 90.3 Å². The van der Waals surface area contributed by atoms with Crippen molar-refractivity contribution in [3.8, 4) is 0 Å². The summed E-state index contributed by atoms with van der Waals surface area (Å²) in [6.45, 7) is 6.31. The normalized spacial score (nSPS) is 28.3. The van der Waals surface area contributed by atoms with Gasteiger partial charge in [-0.15, -0.1) is 0 Å². The van der Waals surface area contributed by atoms with E-state index in [2.05, 4.69) is 29.1 Å². The number of anilines is 1. The van der Waals surface area contributed by atoms with E-state index in [0.717, 1.165) is 12.1 Å². The second-order valence-electron chi connectivity index (χ2n) is 4.88. The van der Waals surface area contributed by atoms with Crippen molar-refractivity contribution in [2.75, 3.05) is 5.32 Å². The van der Waals surface area contributed by atoms with Gasteiger partial charge >= 0.3 is 0 Å². The van der Waals surface area contributed by atoms with Crippen molar-refractivity contribution in [2.24, 2.45) is 11.1 Å². The van der Waals surface area contributed by atoms with Crippen LogP contribution in [0, 0.1) is 12.3 Å². The largest absolute Gasteiger partial charge is 0.351 e. The summed E-state index contributed by atoms with van der Waals surface area (Å²) in [5.41, 5.74) is 7.06. The Morgan fingerprint density at radius 2 is 2.27 bits per heavy atom. The molecule has 4 nitrogen and oxygen atoms in total. The molecule has 0 aromatic carbocycles. The molecule has 0 amide bonds. The standard InChI is InChI=1S/C11H18N4/c1-7-4-5-13-10(14-7)15-9-6-8(12)11(9,2)3/h4-5,8-9H,6,12H2,1-3H3,(H,13,14,15). The lowest BCUT2D eigenvalue weighted by Gasteiger charge is -2.50. The van der Waals surface area contributed by atoms with Crippen molar-refractivity contribution in [1.82, 2.24) is 9.97 Å². The molecule has 1 fully saturated rings. The maximum atomic E-state index is 5.95. The maximum Gasteiger partial charge on any atom is 0.223 e. The Bertz CT molecular complexity index is 361. The molecule has 1 aromatic heterocycles. The van der Waals surface area contributed by atoms with Gasteiger partial charge in [0, 0.05) is 29.4 Å². The summed E-state index contributed by atoms with van der Waals surface area (Å²) >= 11 is 0. The van der Waals surface area contributed by atoms with Crippen molar-refractivity contribution in [3.05, 3.63) is 18.0 Å². The van der Waals surface area contributed by atoms with Crippen LogP contribution < -0.4 is 11.1 Å². The summed E-state index contributed by atoms with van der Waals surface area (Å²) in [6, 6.07) is 2.55. The van der Waals surface area contributed by atoms with E-state index in [-0.39, 0.29) is 11.5 Å². The van der Waals surface area contributed by atoms with E-state index in [1.54, 1.807) is 6.20 Å². The minimum Gasteiger partial charge on any atom is -0.351 e. The highest BCUT2D eigenvalue weighted by Gasteiger charge is 2.46. The van der Waals surface area contributed by atoms with Crippen LogP contribution in [0.1, 0.15) is 26.0 Å². The lowest BCUT2D eigenvalue weighted by molar-refractivity contribution is 0.116. The van der Waals surface area contributed by atoms with E-state index < -0.39 is 0 Å². The highest BCUT2D eigenvalue weighted by Crippen LogP contribution is 2.40. The zero-order chi connectivity index (χ0) is 11.1. The Morgan fingerprint density at radius 3 is 2.80 bits per heavy atom. The third-order valence-corrected chi connectivity index (χ3v) is 3.44. The van der Waals surface area contributed by atoms with Crippen molar-refractivity contribution in [1.29, 1.82) is 0 Å². The fraction of sp³-hybridized carbons (Fsp3) is 0.636. The van der Waals surface area contributed by atoms with Gasteiger partial charge in [-0.2, -0.15) is 0 Å². The fourth-order valence-electron chi connectivity index (χ4n) is 1.88. The minimum absolute atomic E-state index is 0.132. The van der Waals surface area contributed by atoms with Gasteiger partial charge in [-0.25, -0.2) is 9.97 Å². The van der Waals surface area contributed by atoms with Gasteiger partial charge in [0.05, 0.1) is 0 Å². The zero-order valence-electron chi connectivity index (χ0n) is 9.49. The number of rotatable bonds is 2. The molecule has 4 heteroatoms. The fourth-order valence-corrected chi connectivity index (χ4v) is 1.88. The molecule has 15 heavy (non-hydrogen) atoms. The number of hydrogen-bond donors (Lipinski definition) is 2. The van der Waals surface area contributed by atoms with Crippen LogP contribution in [0.25, 0.3) is 0 Å². The molecule has 1 saturated carbocycles. The van der Waals surface area contributed by atoms with Gasteiger partial charge in [0.2, 0.25) is 5.95 Å². The lowest BCUT2D eigenvalue weighted by atomic mass is 9.63. The van der Waals surface area contributed by atoms with Gasteiger partial charge in [-0.05, 0) is 19.4 Å². The summed E-state index contributed by atoms with van der Waals surface area (Å²) in [6.07, 6.45) is 2.76. The Kier molecular flexibility index (Phi) is 2.38. The monoisotopic (exact) mass is 206 g/mol. The average Bonchev–Trinajstić information content (AvgIpc) is 2.17. The van der Waals surface area contributed by atoms with E-state index in [0.29, 0.717) is 12.0 Å². The molecule has 2 unspecified atom stereocenters. The van der Waals surface area contributed by atoms with E-state index >= 15 is 0 Å². The first kappa shape index (κ1) is 10.4. The molecule has 1 aliphatic carbocycles. The predicted octanol–water partition coefficient (Wildman–Crippen LogP) is 1.32. The van der Waals surface area contributed by atoms with Crippen molar-refractivity contribution >= 4 is 5.95 Å². The molecule has 1 heterocycles. The SMILES string of the molecule is Cc1ccnc(NC2CC(N)C2(C)C)n1. The molecule has 2 atom stereocenters. The molecule has 0 aliphatic heterocycles. The molecule has 82 valence electrons. The van der Waals surface area contributed by atoms with Gasteiger partial charge in [-0.3, -0.25) is 0 Å². The second-order valence-corrected chi connectivity index (χ2v) is 4.88. The van der Waals surface area contributed by atoms with Crippen LogP contribution in [0.15, 0.2) is 12.3 Å². The first-order chi connectivity index (χ1) is 7.00. The van der Waals surface area contributed by atoms with E-state index in [9.17, 15) is 0 Å². The minimum atomic E-state index is 0.132. The summed E-state index contributed by atoms with van der Waals surface area (Å²) in [5, 5.41) is 3.34. The Balaban J connectivity index is 2.05. The van der Waals surface area contributed by atoms with E-state index in [4.69, 9.17) is 5.73 Å². The third-order valence-electron chi connectivity index (χ3n) is 3.44. The molecule has 1 aliphatic rings. The van der Waals surface area contributed by atoms with Crippen molar-refractivity contribution in [2.45, 2.75) is 39.3 Å². The van der Waals surface area contributed by atoms with Gasteiger partial charge < -0.3 is 11.1 Å². The van der Waals surface area contributed by atoms with Gasteiger partial charge in [0.1, 0.15) is 0 Å². The van der Waals surface area contributed by atoms with Crippen LogP contribution in [-0.4, -0.2) is 22.1 Å². The first-order valence-corrected chi connectivity index (χ1v) is 5.32. The number of aryl methyl sites for hydroxylation is 1. The molecule has 0 radical (unpaired) electrons. The second kappa shape index (κ2) is 3.45. The molecular formula is C11H18N4. The van der Waals surface area contributed by atoms with E-state index in [1.807, 2.05) is 13.0 Å². The highest BCUT2D eigenvalue weighted by atomic mass is 15.1. The van der Waals surface area contributed by atoms with Crippen LogP contribution in [-0.2, 0) is 0 Å². The Hall–Kier alpha value is -1.16. The molecule has 0 spiro atoms. The molecule has 2 rings (SSSR count). The van der Waals surface area contributed by atoms with Gasteiger partial charge in [0.25, 0.3) is 0 Å². The summed E-state index contributed by atoms with van der Waals surface area (Å²) < 4.78 is 0. The van der Waals surface area contributed by atoms with Crippen LogP contribution in [0.3, 0.4) is 0 Å². The van der Waals surface area contributed by atoms with E-state index in [1.165, 1.54) is 0 Å². The van der Waals surface area contributed by atoms with Crippen LogP contribution in [0.2, 0.25) is 0 Å². The number of aromatic nitrogens is 2. The number of nitrogens with zero attached hydrogens (tertiary/aromatic N) is 2. The van der Waals surface area contributed by atoms with Gasteiger partial charge in [-0.1, -0.05) is 13.8 Å². The predicted molar refractivity (Wildman–Crippen MR) is 60.6 cm³/mol. The average molecular weight is 206 g/mol. The van der Waals surface area contributed by atoms with Crippen LogP contribution in [0.5, 0.6) is 0 Å².